The number of nitrogens with zero attached hydrogens (tertiary/aromatic N) is 2. The first kappa shape index (κ1) is 18.1. The third-order valence-corrected chi connectivity index (χ3v) is 4.09. The Balaban J connectivity index is 1.48. The number of ether oxygens (including phenoxy) is 1. The van der Waals surface area contributed by atoms with Gasteiger partial charge in [0.1, 0.15) is 24.5 Å². The second-order valence-electron chi connectivity index (χ2n) is 5.14. The monoisotopic (exact) mass is 379 g/mol. The molecule has 3 rings (SSSR count). The van der Waals surface area contributed by atoms with Crippen LogP contribution < -0.4 is 5.32 Å². The first-order chi connectivity index (χ1) is 12.6. The SMILES string of the molecule is O=C(OCCNc1ncnc2ccccc12)c1ccc(CSC(F)F)o1. The average Bonchev–Trinajstić information content (AvgIpc) is 3.12. The van der Waals surface area contributed by atoms with Crippen molar-refractivity contribution in [1.29, 1.82) is 0 Å². The molecule has 0 fully saturated rings. The lowest BCUT2D eigenvalue weighted by Crippen LogP contribution is -2.14. The number of benzene rings is 1. The number of aromatic nitrogens is 2. The molecule has 0 unspecified atom stereocenters. The summed E-state index contributed by atoms with van der Waals surface area (Å²) in [7, 11) is 0. The minimum atomic E-state index is -2.49. The van der Waals surface area contributed by atoms with Crippen LogP contribution in [0.25, 0.3) is 10.9 Å². The number of fused-ring (bicyclic) bond motifs is 1. The van der Waals surface area contributed by atoms with E-state index in [-0.39, 0.29) is 18.1 Å². The van der Waals surface area contributed by atoms with Crippen LogP contribution in [0.15, 0.2) is 47.1 Å². The summed E-state index contributed by atoms with van der Waals surface area (Å²) >= 11 is 0.428. The topological polar surface area (TPSA) is 77.2 Å². The fourth-order valence-corrected chi connectivity index (χ4v) is 2.69. The Morgan fingerprint density at radius 2 is 2.08 bits per heavy atom. The number of thioether (sulfide) groups is 1. The molecule has 26 heavy (non-hydrogen) atoms. The van der Waals surface area contributed by atoms with Crippen LogP contribution in [0.1, 0.15) is 16.3 Å². The lowest BCUT2D eigenvalue weighted by atomic mass is 10.2. The maximum Gasteiger partial charge on any atom is 0.374 e. The van der Waals surface area contributed by atoms with Crippen LogP contribution in [-0.2, 0) is 10.5 Å². The van der Waals surface area contributed by atoms with Crippen molar-refractivity contribution < 1.29 is 22.7 Å². The van der Waals surface area contributed by atoms with Gasteiger partial charge in [-0.1, -0.05) is 23.9 Å². The number of alkyl halides is 2. The molecule has 9 heteroatoms. The van der Waals surface area contributed by atoms with E-state index in [0.29, 0.717) is 29.9 Å². The number of hydrogen-bond donors (Lipinski definition) is 1. The lowest BCUT2D eigenvalue weighted by molar-refractivity contribution is 0.0483. The van der Waals surface area contributed by atoms with Crippen LogP contribution in [0.5, 0.6) is 0 Å². The molecule has 1 N–H and O–H groups in total. The number of halogens is 2. The Labute approximate surface area is 152 Å². The fraction of sp³-hybridized carbons (Fsp3) is 0.235. The maximum atomic E-state index is 12.1. The van der Waals surface area contributed by atoms with Gasteiger partial charge in [-0.2, -0.15) is 8.78 Å². The zero-order valence-electron chi connectivity index (χ0n) is 13.5. The Hall–Kier alpha value is -2.68. The van der Waals surface area contributed by atoms with E-state index in [0.717, 1.165) is 10.9 Å². The van der Waals surface area contributed by atoms with Crippen molar-refractivity contribution in [3.8, 4) is 0 Å². The molecule has 2 heterocycles. The van der Waals surface area contributed by atoms with Crippen LogP contribution in [0.2, 0.25) is 0 Å². The third kappa shape index (κ3) is 4.69. The molecule has 3 aromatic rings. The van der Waals surface area contributed by atoms with E-state index in [9.17, 15) is 13.6 Å². The number of nitrogens with one attached hydrogen (secondary N) is 1. The zero-order valence-corrected chi connectivity index (χ0v) is 14.3. The van der Waals surface area contributed by atoms with E-state index in [4.69, 9.17) is 9.15 Å². The normalized spacial score (nSPS) is 11.0. The molecule has 0 spiro atoms. The standard InChI is InChI=1S/C17H15F2N3O3S/c18-17(19)26-9-11-5-6-14(25-11)16(23)24-8-7-20-15-12-3-1-2-4-13(12)21-10-22-15/h1-6,10,17H,7-9H2,(H,20,21,22). The average molecular weight is 379 g/mol. The predicted molar refractivity (Wildman–Crippen MR) is 94.3 cm³/mol. The van der Waals surface area contributed by atoms with E-state index >= 15 is 0 Å². The van der Waals surface area contributed by atoms with Crippen LogP contribution >= 0.6 is 11.8 Å². The van der Waals surface area contributed by atoms with Gasteiger partial charge in [0, 0.05) is 5.39 Å². The van der Waals surface area contributed by atoms with Gasteiger partial charge in [0.05, 0.1) is 17.8 Å². The van der Waals surface area contributed by atoms with Crippen LogP contribution in [0.3, 0.4) is 0 Å². The van der Waals surface area contributed by atoms with Crippen molar-refractivity contribution in [2.75, 3.05) is 18.5 Å². The first-order valence-electron chi connectivity index (χ1n) is 7.72. The highest BCUT2D eigenvalue weighted by molar-refractivity contribution is 7.98. The molecule has 0 radical (unpaired) electrons. The number of hydrogen-bond acceptors (Lipinski definition) is 7. The number of anilines is 1. The highest BCUT2D eigenvalue weighted by atomic mass is 32.2. The Morgan fingerprint density at radius 1 is 1.23 bits per heavy atom. The molecule has 0 saturated carbocycles. The molecular formula is C17H15F2N3O3S. The molecule has 136 valence electrons. The Bertz CT molecular complexity index is 883. The van der Waals surface area contributed by atoms with Gasteiger partial charge in [-0.15, -0.1) is 0 Å². The quantitative estimate of drug-likeness (QED) is 0.469. The summed E-state index contributed by atoms with van der Waals surface area (Å²) in [5, 5.41) is 3.96. The van der Waals surface area contributed by atoms with Crippen LogP contribution in [0.4, 0.5) is 14.6 Å². The number of carbonyl (C=O) groups excluding carboxylic acids is 1. The maximum absolute atomic E-state index is 12.1. The number of rotatable bonds is 8. The van der Waals surface area contributed by atoms with Crippen molar-refractivity contribution in [2.45, 2.75) is 11.5 Å². The fourth-order valence-electron chi connectivity index (χ4n) is 2.24. The van der Waals surface area contributed by atoms with E-state index in [1.54, 1.807) is 0 Å². The van der Waals surface area contributed by atoms with Crippen molar-refractivity contribution in [1.82, 2.24) is 9.97 Å². The predicted octanol–water partition coefficient (Wildman–Crippen LogP) is 3.95. The molecule has 1 aromatic carbocycles. The van der Waals surface area contributed by atoms with E-state index < -0.39 is 11.7 Å². The van der Waals surface area contributed by atoms with Crippen molar-refractivity contribution >= 4 is 34.5 Å². The van der Waals surface area contributed by atoms with Crippen LogP contribution in [0, 0.1) is 0 Å². The minimum Gasteiger partial charge on any atom is -0.458 e. The van der Waals surface area contributed by atoms with Gasteiger partial charge in [0.15, 0.2) is 0 Å². The molecule has 0 amide bonds. The van der Waals surface area contributed by atoms with Crippen molar-refractivity contribution in [3.05, 3.63) is 54.2 Å². The number of para-hydroxylation sites is 1. The van der Waals surface area contributed by atoms with Gasteiger partial charge in [0.2, 0.25) is 5.76 Å². The summed E-state index contributed by atoms with van der Waals surface area (Å²) in [6, 6.07) is 10.4. The molecule has 0 aliphatic carbocycles. The Morgan fingerprint density at radius 3 is 2.92 bits per heavy atom. The molecule has 0 atom stereocenters. The van der Waals surface area contributed by atoms with Gasteiger partial charge in [0.25, 0.3) is 5.76 Å². The number of furan rings is 1. The summed E-state index contributed by atoms with van der Waals surface area (Å²) in [6.45, 7) is 0.445. The molecular weight excluding hydrogens is 364 g/mol. The Kier molecular flexibility index (Phi) is 6.00. The van der Waals surface area contributed by atoms with Gasteiger partial charge in [-0.05, 0) is 24.3 Å². The van der Waals surface area contributed by atoms with Gasteiger partial charge >= 0.3 is 5.97 Å². The van der Waals surface area contributed by atoms with Gasteiger partial charge in [-0.25, -0.2) is 14.8 Å². The van der Waals surface area contributed by atoms with E-state index in [1.165, 1.54) is 18.5 Å². The highest BCUT2D eigenvalue weighted by Crippen LogP contribution is 2.21. The molecule has 2 aromatic heterocycles. The van der Waals surface area contributed by atoms with Crippen LogP contribution in [-0.4, -0.2) is 34.8 Å². The molecule has 0 bridgehead atoms. The summed E-state index contributed by atoms with van der Waals surface area (Å²) < 4.78 is 34.6. The largest absolute Gasteiger partial charge is 0.458 e. The minimum absolute atomic E-state index is 0.00666. The third-order valence-electron chi connectivity index (χ3n) is 3.38. The number of esters is 1. The summed E-state index contributed by atoms with van der Waals surface area (Å²) in [6.07, 6.45) is 1.46. The second kappa shape index (κ2) is 8.61. The van der Waals surface area contributed by atoms with E-state index in [2.05, 4.69) is 15.3 Å². The smallest absolute Gasteiger partial charge is 0.374 e. The summed E-state index contributed by atoms with van der Waals surface area (Å²) in [5.41, 5.74) is 0.812. The molecule has 0 saturated heterocycles. The summed E-state index contributed by atoms with van der Waals surface area (Å²) in [5.74, 6) is -2.20. The van der Waals surface area contributed by atoms with Gasteiger partial charge < -0.3 is 14.5 Å². The summed E-state index contributed by atoms with van der Waals surface area (Å²) in [4.78, 5) is 20.2. The molecule has 6 nitrogen and oxygen atoms in total. The van der Waals surface area contributed by atoms with E-state index in [1.807, 2.05) is 24.3 Å². The van der Waals surface area contributed by atoms with Crippen molar-refractivity contribution in [2.24, 2.45) is 0 Å². The molecule has 0 aliphatic rings. The first-order valence-corrected chi connectivity index (χ1v) is 8.77. The lowest BCUT2D eigenvalue weighted by Gasteiger charge is -2.08. The zero-order chi connectivity index (χ0) is 18.4. The van der Waals surface area contributed by atoms with Crippen molar-refractivity contribution in [3.63, 3.8) is 0 Å². The van der Waals surface area contributed by atoms with Gasteiger partial charge in [-0.3, -0.25) is 0 Å². The molecule has 0 aliphatic heterocycles. The second-order valence-corrected chi connectivity index (χ2v) is 6.12. The highest BCUT2D eigenvalue weighted by Gasteiger charge is 2.14. The number of carbonyl (C=O) groups is 1.